The molecule has 0 saturated heterocycles. The molecule has 156 valence electrons. The third-order valence-electron chi connectivity index (χ3n) is 4.81. The predicted molar refractivity (Wildman–Crippen MR) is 126 cm³/mol. The molecule has 4 heteroatoms. The van der Waals surface area contributed by atoms with Crippen LogP contribution in [-0.2, 0) is 5.75 Å². The molecule has 3 aromatic rings. The number of carbonyl (C=O) groups is 1. The zero-order chi connectivity index (χ0) is 21.3. The van der Waals surface area contributed by atoms with Crippen LogP contribution >= 0.6 is 11.8 Å². The maximum Gasteiger partial charge on any atom is 0.252 e. The third kappa shape index (κ3) is 6.14. The Bertz CT molecular complexity index is 970. The molecule has 3 rings (SSSR count). The Morgan fingerprint density at radius 3 is 2.50 bits per heavy atom. The lowest BCUT2D eigenvalue weighted by Crippen LogP contribution is -2.28. The Labute approximate surface area is 183 Å². The van der Waals surface area contributed by atoms with Crippen molar-refractivity contribution in [1.82, 2.24) is 5.32 Å². The van der Waals surface area contributed by atoms with Crippen LogP contribution in [0.5, 0.6) is 5.75 Å². The summed E-state index contributed by atoms with van der Waals surface area (Å²) in [5.41, 5.74) is 4.31. The van der Waals surface area contributed by atoms with E-state index in [-0.39, 0.29) is 5.91 Å². The number of aryl methyl sites for hydroxylation is 1. The summed E-state index contributed by atoms with van der Waals surface area (Å²) >= 11 is 1.68. The van der Waals surface area contributed by atoms with Gasteiger partial charge in [0.05, 0.1) is 12.1 Å². The molecule has 0 aromatic heterocycles. The number of amides is 1. The molecule has 0 fully saturated rings. The highest BCUT2D eigenvalue weighted by molar-refractivity contribution is 7.98. The van der Waals surface area contributed by atoms with E-state index in [1.165, 1.54) is 16.7 Å². The summed E-state index contributed by atoms with van der Waals surface area (Å²) in [6.45, 7) is 7.27. The highest BCUT2D eigenvalue weighted by atomic mass is 32.2. The number of nitrogens with one attached hydrogen (secondary N) is 1. The minimum atomic E-state index is -0.0666. The molecule has 0 aliphatic carbocycles. The first-order valence-electron chi connectivity index (χ1n) is 10.3. The third-order valence-corrected chi connectivity index (χ3v) is 5.95. The van der Waals surface area contributed by atoms with Gasteiger partial charge in [-0.1, -0.05) is 68.4 Å². The van der Waals surface area contributed by atoms with Gasteiger partial charge in [-0.2, -0.15) is 0 Å². The minimum absolute atomic E-state index is 0.0666. The van der Waals surface area contributed by atoms with E-state index in [1.807, 2.05) is 42.5 Å². The molecule has 1 amide bonds. The fourth-order valence-corrected chi connectivity index (χ4v) is 4.19. The van der Waals surface area contributed by atoms with Crippen molar-refractivity contribution in [3.8, 4) is 5.75 Å². The van der Waals surface area contributed by atoms with Crippen molar-refractivity contribution in [1.29, 1.82) is 0 Å². The number of benzene rings is 3. The molecule has 0 saturated carbocycles. The Morgan fingerprint density at radius 1 is 1.00 bits per heavy atom. The molecule has 0 atom stereocenters. The highest BCUT2D eigenvalue weighted by Crippen LogP contribution is 2.28. The van der Waals surface area contributed by atoms with E-state index in [2.05, 4.69) is 56.4 Å². The fourth-order valence-electron chi connectivity index (χ4n) is 3.18. The molecular formula is C26H29NO2S. The molecule has 3 nitrogen and oxygen atoms in total. The monoisotopic (exact) mass is 419 g/mol. The number of hydrogen-bond donors (Lipinski definition) is 1. The molecule has 0 unspecified atom stereocenters. The van der Waals surface area contributed by atoms with Crippen LogP contribution in [0.25, 0.3) is 0 Å². The topological polar surface area (TPSA) is 38.3 Å². The van der Waals surface area contributed by atoms with Gasteiger partial charge in [0.1, 0.15) is 12.4 Å². The molecule has 0 heterocycles. The lowest BCUT2D eigenvalue weighted by molar-refractivity contribution is 0.0944. The zero-order valence-corrected chi connectivity index (χ0v) is 18.7. The SMILES string of the molecule is Cc1ccc(C(C)C)c(OCCNC(=O)c2ccccc2SCc2ccccc2)c1. The predicted octanol–water partition coefficient (Wildman–Crippen LogP) is 6.22. The Balaban J connectivity index is 1.55. The molecule has 30 heavy (non-hydrogen) atoms. The van der Waals surface area contributed by atoms with Crippen molar-refractivity contribution >= 4 is 17.7 Å². The number of ether oxygens (including phenoxy) is 1. The van der Waals surface area contributed by atoms with Crippen LogP contribution in [-0.4, -0.2) is 19.1 Å². The van der Waals surface area contributed by atoms with Gasteiger partial charge >= 0.3 is 0 Å². The fraction of sp³-hybridized carbons (Fsp3) is 0.269. The summed E-state index contributed by atoms with van der Waals surface area (Å²) in [5.74, 6) is 2.06. The van der Waals surface area contributed by atoms with Crippen molar-refractivity contribution in [3.63, 3.8) is 0 Å². The number of carbonyl (C=O) groups excluding carboxylic acids is 1. The van der Waals surface area contributed by atoms with E-state index in [0.717, 1.165) is 16.4 Å². The molecule has 0 aliphatic rings. The van der Waals surface area contributed by atoms with E-state index < -0.39 is 0 Å². The molecule has 0 aliphatic heterocycles. The number of thioether (sulfide) groups is 1. The van der Waals surface area contributed by atoms with Crippen molar-refractivity contribution in [2.24, 2.45) is 0 Å². The van der Waals surface area contributed by atoms with Crippen molar-refractivity contribution in [3.05, 3.63) is 95.1 Å². The van der Waals surface area contributed by atoms with E-state index in [0.29, 0.717) is 24.6 Å². The Hall–Kier alpha value is -2.72. The zero-order valence-electron chi connectivity index (χ0n) is 17.9. The quantitative estimate of drug-likeness (QED) is 0.330. The molecule has 0 bridgehead atoms. The van der Waals surface area contributed by atoms with Gasteiger partial charge in [0.25, 0.3) is 5.91 Å². The first kappa shape index (κ1) is 22.0. The van der Waals surface area contributed by atoms with Gasteiger partial charge in [0, 0.05) is 10.6 Å². The molecule has 3 aromatic carbocycles. The standard InChI is InChI=1S/C26H29NO2S/c1-19(2)22-14-13-20(3)17-24(22)29-16-15-27-26(28)23-11-7-8-12-25(23)30-18-21-9-5-4-6-10-21/h4-14,17,19H,15-16,18H2,1-3H3,(H,27,28). The van der Waals surface area contributed by atoms with Crippen molar-refractivity contribution in [2.45, 2.75) is 37.3 Å². The summed E-state index contributed by atoms with van der Waals surface area (Å²) in [4.78, 5) is 13.7. The van der Waals surface area contributed by atoms with E-state index in [4.69, 9.17) is 4.74 Å². The summed E-state index contributed by atoms with van der Waals surface area (Å²) in [6, 6.07) is 24.3. The van der Waals surface area contributed by atoms with Gasteiger partial charge < -0.3 is 10.1 Å². The van der Waals surface area contributed by atoms with Gasteiger partial charge in [-0.25, -0.2) is 0 Å². The molecule has 0 radical (unpaired) electrons. The van der Waals surface area contributed by atoms with Gasteiger partial charge in [-0.05, 0) is 47.7 Å². The average Bonchev–Trinajstić information content (AvgIpc) is 2.76. The Morgan fingerprint density at radius 2 is 1.73 bits per heavy atom. The molecule has 1 N–H and O–H groups in total. The number of hydrogen-bond acceptors (Lipinski definition) is 3. The Kier molecular flexibility index (Phi) is 7.97. The summed E-state index contributed by atoms with van der Waals surface area (Å²) in [6.07, 6.45) is 0. The van der Waals surface area contributed by atoms with Crippen molar-refractivity contribution < 1.29 is 9.53 Å². The average molecular weight is 420 g/mol. The smallest absolute Gasteiger partial charge is 0.252 e. The summed E-state index contributed by atoms with van der Waals surface area (Å²) in [5, 5.41) is 2.99. The van der Waals surface area contributed by atoms with Crippen LogP contribution in [0.4, 0.5) is 0 Å². The van der Waals surface area contributed by atoms with Crippen LogP contribution < -0.4 is 10.1 Å². The maximum atomic E-state index is 12.7. The second-order valence-electron chi connectivity index (χ2n) is 7.57. The van der Waals surface area contributed by atoms with Gasteiger partial charge in [0.2, 0.25) is 0 Å². The first-order valence-corrected chi connectivity index (χ1v) is 11.3. The lowest BCUT2D eigenvalue weighted by Gasteiger charge is -2.15. The largest absolute Gasteiger partial charge is 0.491 e. The highest BCUT2D eigenvalue weighted by Gasteiger charge is 2.12. The van der Waals surface area contributed by atoms with Gasteiger partial charge in [0.15, 0.2) is 0 Å². The second-order valence-corrected chi connectivity index (χ2v) is 8.59. The first-order chi connectivity index (χ1) is 14.5. The van der Waals surface area contributed by atoms with Crippen LogP contribution in [0.2, 0.25) is 0 Å². The lowest BCUT2D eigenvalue weighted by atomic mass is 10.0. The maximum absolute atomic E-state index is 12.7. The molecule has 0 spiro atoms. The van der Waals surface area contributed by atoms with Crippen LogP contribution in [0.3, 0.4) is 0 Å². The van der Waals surface area contributed by atoms with Crippen molar-refractivity contribution in [2.75, 3.05) is 13.2 Å². The summed E-state index contributed by atoms with van der Waals surface area (Å²) in [7, 11) is 0. The van der Waals surface area contributed by atoms with Gasteiger partial charge in [-0.15, -0.1) is 11.8 Å². The normalized spacial score (nSPS) is 10.8. The van der Waals surface area contributed by atoms with Gasteiger partial charge in [-0.3, -0.25) is 4.79 Å². The summed E-state index contributed by atoms with van der Waals surface area (Å²) < 4.78 is 5.98. The van der Waals surface area contributed by atoms with E-state index in [1.54, 1.807) is 11.8 Å². The second kappa shape index (κ2) is 10.9. The minimum Gasteiger partial charge on any atom is -0.491 e. The molecular weight excluding hydrogens is 390 g/mol. The van der Waals surface area contributed by atoms with Crippen LogP contribution in [0.1, 0.15) is 46.8 Å². The number of rotatable bonds is 9. The van der Waals surface area contributed by atoms with Crippen LogP contribution in [0.15, 0.2) is 77.7 Å². The van der Waals surface area contributed by atoms with Crippen LogP contribution in [0, 0.1) is 6.92 Å². The van der Waals surface area contributed by atoms with E-state index in [9.17, 15) is 4.79 Å². The van der Waals surface area contributed by atoms with E-state index >= 15 is 0 Å².